The molecule has 144 valence electrons. The summed E-state index contributed by atoms with van der Waals surface area (Å²) in [6, 6.07) is 7.51. The van der Waals surface area contributed by atoms with Crippen molar-refractivity contribution in [3.8, 4) is 5.75 Å². The van der Waals surface area contributed by atoms with Crippen LogP contribution in [-0.4, -0.2) is 50.7 Å². The van der Waals surface area contributed by atoms with Crippen molar-refractivity contribution in [2.75, 3.05) is 20.2 Å². The molecule has 7 heteroatoms. The molecule has 26 heavy (non-hydrogen) atoms. The largest absolute Gasteiger partial charge is 0.496 e. The molecule has 1 atom stereocenters. The van der Waals surface area contributed by atoms with E-state index in [1.54, 1.807) is 12.0 Å². The average Bonchev–Trinajstić information content (AvgIpc) is 3.14. The van der Waals surface area contributed by atoms with Gasteiger partial charge in [-0.05, 0) is 31.7 Å². The van der Waals surface area contributed by atoms with Crippen molar-refractivity contribution in [3.05, 3.63) is 29.8 Å². The van der Waals surface area contributed by atoms with Gasteiger partial charge in [0.25, 0.3) is 0 Å². The van der Waals surface area contributed by atoms with Crippen molar-refractivity contribution in [2.24, 2.45) is 0 Å². The van der Waals surface area contributed by atoms with E-state index >= 15 is 0 Å². The van der Waals surface area contributed by atoms with Crippen molar-refractivity contribution in [1.82, 2.24) is 9.62 Å². The van der Waals surface area contributed by atoms with Gasteiger partial charge in [0.15, 0.2) is 0 Å². The van der Waals surface area contributed by atoms with Crippen molar-refractivity contribution in [2.45, 2.75) is 56.2 Å². The Morgan fingerprint density at radius 2 is 1.92 bits per heavy atom. The van der Waals surface area contributed by atoms with Gasteiger partial charge in [0, 0.05) is 24.7 Å². The van der Waals surface area contributed by atoms with E-state index in [1.807, 2.05) is 24.3 Å². The van der Waals surface area contributed by atoms with Gasteiger partial charge in [-0.25, -0.2) is 13.1 Å². The number of ether oxygens (including phenoxy) is 1. The van der Waals surface area contributed by atoms with Crippen LogP contribution in [0.15, 0.2) is 24.3 Å². The normalized spacial score (nSPS) is 21.7. The van der Waals surface area contributed by atoms with E-state index in [2.05, 4.69) is 4.72 Å². The number of hydrogen-bond acceptors (Lipinski definition) is 4. The quantitative estimate of drug-likeness (QED) is 0.820. The molecule has 1 unspecified atom stereocenters. The number of likely N-dealkylation sites (tertiary alicyclic amines) is 1. The highest BCUT2D eigenvalue weighted by Gasteiger charge is 2.34. The fourth-order valence-corrected chi connectivity index (χ4v) is 5.66. The molecule has 1 aromatic rings. The predicted octanol–water partition coefficient (Wildman–Crippen LogP) is 2.09. The maximum atomic E-state index is 12.7. The first kappa shape index (κ1) is 19.2. The van der Waals surface area contributed by atoms with Crippen LogP contribution in [0.25, 0.3) is 0 Å². The number of benzene rings is 1. The summed E-state index contributed by atoms with van der Waals surface area (Å²) in [5, 5.41) is -0.515. The number of amides is 1. The number of para-hydroxylation sites is 1. The highest BCUT2D eigenvalue weighted by Crippen LogP contribution is 2.23. The molecule has 6 nitrogen and oxygen atoms in total. The molecule has 0 aromatic heterocycles. The Labute approximate surface area is 156 Å². The molecule has 0 spiro atoms. The standard InChI is InChI=1S/C19H28N2O4S/c1-25-18-11-5-2-7-15(18)13-19(22)21-12-6-10-17(14-21)26(23,24)20-16-8-3-4-9-16/h2,5,7,11,16-17,20H,3-4,6,8-10,12-14H2,1H3. The molecule has 1 saturated heterocycles. The monoisotopic (exact) mass is 380 g/mol. The van der Waals surface area contributed by atoms with Crippen LogP contribution in [-0.2, 0) is 21.2 Å². The van der Waals surface area contributed by atoms with Crippen LogP contribution in [0.2, 0.25) is 0 Å². The molecule has 1 N–H and O–H groups in total. The summed E-state index contributed by atoms with van der Waals surface area (Å²) >= 11 is 0. The summed E-state index contributed by atoms with van der Waals surface area (Å²) in [7, 11) is -1.80. The van der Waals surface area contributed by atoms with Gasteiger partial charge >= 0.3 is 0 Å². The Bertz CT molecular complexity index is 729. The van der Waals surface area contributed by atoms with Gasteiger partial charge in [-0.15, -0.1) is 0 Å². The van der Waals surface area contributed by atoms with Gasteiger partial charge in [0.2, 0.25) is 15.9 Å². The van der Waals surface area contributed by atoms with E-state index in [0.717, 1.165) is 31.2 Å². The molecule has 0 radical (unpaired) electrons. The number of methoxy groups -OCH3 is 1. The molecule has 1 heterocycles. The number of hydrogen-bond donors (Lipinski definition) is 1. The molecule has 1 saturated carbocycles. The Balaban J connectivity index is 1.63. The van der Waals surface area contributed by atoms with Crippen LogP contribution in [0.4, 0.5) is 0 Å². The van der Waals surface area contributed by atoms with Crippen LogP contribution in [0.5, 0.6) is 5.75 Å². The molecule has 1 amide bonds. The smallest absolute Gasteiger partial charge is 0.227 e. The lowest BCUT2D eigenvalue weighted by atomic mass is 10.1. The molecule has 1 aliphatic heterocycles. The summed E-state index contributed by atoms with van der Waals surface area (Å²) in [5.74, 6) is 0.639. The highest BCUT2D eigenvalue weighted by atomic mass is 32.2. The lowest BCUT2D eigenvalue weighted by Crippen LogP contribution is -2.50. The van der Waals surface area contributed by atoms with Crippen LogP contribution in [0, 0.1) is 0 Å². The topological polar surface area (TPSA) is 75.7 Å². The van der Waals surface area contributed by atoms with Crippen molar-refractivity contribution in [1.29, 1.82) is 0 Å². The van der Waals surface area contributed by atoms with Crippen molar-refractivity contribution < 1.29 is 17.9 Å². The third kappa shape index (κ3) is 4.57. The third-order valence-corrected chi connectivity index (χ3v) is 7.31. The molecule has 2 aliphatic rings. The van der Waals surface area contributed by atoms with Crippen LogP contribution < -0.4 is 9.46 Å². The zero-order valence-electron chi connectivity index (χ0n) is 15.3. The summed E-state index contributed by atoms with van der Waals surface area (Å²) in [6.07, 6.45) is 5.56. The molecular weight excluding hydrogens is 352 g/mol. The number of carbonyl (C=O) groups is 1. The first-order valence-corrected chi connectivity index (χ1v) is 10.9. The maximum absolute atomic E-state index is 12.7. The highest BCUT2D eigenvalue weighted by molar-refractivity contribution is 7.90. The minimum Gasteiger partial charge on any atom is -0.496 e. The summed E-state index contributed by atoms with van der Waals surface area (Å²) in [4.78, 5) is 14.4. The third-order valence-electron chi connectivity index (χ3n) is 5.39. The van der Waals surface area contributed by atoms with E-state index in [4.69, 9.17) is 4.74 Å². The van der Waals surface area contributed by atoms with E-state index < -0.39 is 15.3 Å². The lowest BCUT2D eigenvalue weighted by Gasteiger charge is -2.33. The second-order valence-electron chi connectivity index (χ2n) is 7.24. The van der Waals surface area contributed by atoms with Crippen molar-refractivity contribution >= 4 is 15.9 Å². The minimum atomic E-state index is -3.39. The number of piperidine rings is 1. The van der Waals surface area contributed by atoms with Crippen LogP contribution in [0.1, 0.15) is 44.1 Å². The second-order valence-corrected chi connectivity index (χ2v) is 9.23. The zero-order valence-corrected chi connectivity index (χ0v) is 16.1. The molecule has 1 aromatic carbocycles. The maximum Gasteiger partial charge on any atom is 0.227 e. The zero-order chi connectivity index (χ0) is 18.6. The second kappa shape index (κ2) is 8.39. The molecule has 1 aliphatic carbocycles. The van der Waals surface area contributed by atoms with Gasteiger partial charge in [-0.2, -0.15) is 0 Å². The number of rotatable bonds is 6. The first-order valence-electron chi connectivity index (χ1n) is 9.40. The predicted molar refractivity (Wildman–Crippen MR) is 101 cm³/mol. The number of nitrogens with zero attached hydrogens (tertiary/aromatic N) is 1. The average molecular weight is 381 g/mol. The fraction of sp³-hybridized carbons (Fsp3) is 0.632. The molecule has 2 fully saturated rings. The van der Waals surface area contributed by atoms with E-state index in [-0.39, 0.29) is 24.9 Å². The lowest BCUT2D eigenvalue weighted by molar-refractivity contribution is -0.131. The summed E-state index contributed by atoms with van der Waals surface area (Å²) in [5.41, 5.74) is 0.828. The Morgan fingerprint density at radius 3 is 2.65 bits per heavy atom. The molecule has 3 rings (SSSR count). The summed E-state index contributed by atoms with van der Waals surface area (Å²) in [6.45, 7) is 0.888. The fourth-order valence-electron chi connectivity index (χ4n) is 3.91. The van der Waals surface area contributed by atoms with E-state index in [9.17, 15) is 13.2 Å². The van der Waals surface area contributed by atoms with E-state index in [0.29, 0.717) is 25.1 Å². The van der Waals surface area contributed by atoms with Crippen molar-refractivity contribution in [3.63, 3.8) is 0 Å². The summed E-state index contributed by atoms with van der Waals surface area (Å²) < 4.78 is 33.6. The van der Waals surface area contributed by atoms with Gasteiger partial charge in [-0.3, -0.25) is 4.79 Å². The van der Waals surface area contributed by atoms with Gasteiger partial charge in [0.05, 0.1) is 18.8 Å². The van der Waals surface area contributed by atoms with E-state index in [1.165, 1.54) is 0 Å². The number of nitrogens with one attached hydrogen (secondary N) is 1. The minimum absolute atomic E-state index is 0.0460. The molecular formula is C19H28N2O4S. The van der Waals surface area contributed by atoms with Crippen LogP contribution in [0.3, 0.4) is 0 Å². The van der Waals surface area contributed by atoms with Gasteiger partial charge in [0.1, 0.15) is 5.75 Å². The van der Waals surface area contributed by atoms with Gasteiger partial charge < -0.3 is 9.64 Å². The molecule has 0 bridgehead atoms. The Morgan fingerprint density at radius 1 is 1.19 bits per heavy atom. The van der Waals surface area contributed by atoms with Crippen LogP contribution >= 0.6 is 0 Å². The SMILES string of the molecule is COc1ccccc1CC(=O)N1CCCC(S(=O)(=O)NC2CCCC2)C1. The number of carbonyl (C=O) groups excluding carboxylic acids is 1. The number of sulfonamides is 1. The Kier molecular flexibility index (Phi) is 6.19. The van der Waals surface area contributed by atoms with Gasteiger partial charge in [-0.1, -0.05) is 31.0 Å². The Hall–Kier alpha value is -1.60. The first-order chi connectivity index (χ1) is 12.5.